The lowest BCUT2D eigenvalue weighted by Crippen LogP contribution is -2.29. The minimum absolute atomic E-state index is 0.0406. The molecule has 0 aromatic heterocycles. The third-order valence-electron chi connectivity index (χ3n) is 4.11. The van der Waals surface area contributed by atoms with E-state index < -0.39 is 0 Å². The van der Waals surface area contributed by atoms with Crippen LogP contribution in [0.5, 0.6) is 11.5 Å². The molecular formula is C21H21BrN2O3S. The van der Waals surface area contributed by atoms with Crippen molar-refractivity contribution in [2.45, 2.75) is 13.3 Å². The van der Waals surface area contributed by atoms with E-state index in [0.717, 1.165) is 27.9 Å². The Balaban J connectivity index is 1.96. The Labute approximate surface area is 177 Å². The molecule has 7 heteroatoms. The molecule has 1 aliphatic heterocycles. The fraction of sp³-hybridized carbons (Fsp3) is 0.238. The molecule has 0 aliphatic carbocycles. The Morgan fingerprint density at radius 3 is 2.54 bits per heavy atom. The average Bonchev–Trinajstić information content (AvgIpc) is 2.98. The molecule has 2 aromatic rings. The molecule has 0 N–H and O–H groups in total. The van der Waals surface area contributed by atoms with Crippen LogP contribution in [0.25, 0.3) is 6.08 Å². The third kappa shape index (κ3) is 4.59. The number of ether oxygens (including phenoxy) is 2. The summed E-state index contributed by atoms with van der Waals surface area (Å²) in [7, 11) is 3.25. The number of carbonyl (C=O) groups is 1. The van der Waals surface area contributed by atoms with E-state index in [1.54, 1.807) is 19.1 Å². The van der Waals surface area contributed by atoms with E-state index in [0.29, 0.717) is 22.4 Å². The molecule has 1 aliphatic rings. The third-order valence-corrected chi connectivity index (χ3v) is 5.61. The largest absolute Gasteiger partial charge is 0.497 e. The van der Waals surface area contributed by atoms with E-state index in [4.69, 9.17) is 9.47 Å². The number of amides is 1. The number of benzene rings is 2. The van der Waals surface area contributed by atoms with Gasteiger partial charge < -0.3 is 9.47 Å². The van der Waals surface area contributed by atoms with E-state index >= 15 is 0 Å². The maximum absolute atomic E-state index is 13.0. The molecule has 0 bridgehead atoms. The summed E-state index contributed by atoms with van der Waals surface area (Å²) in [5.74, 6) is 1.44. The van der Waals surface area contributed by atoms with Crippen LogP contribution in [0, 0.1) is 0 Å². The average molecular weight is 461 g/mol. The zero-order chi connectivity index (χ0) is 20.1. The highest BCUT2D eigenvalue weighted by Gasteiger charge is 2.33. The summed E-state index contributed by atoms with van der Waals surface area (Å²) in [5.41, 5.74) is 1.62. The Hall–Kier alpha value is -2.25. The minimum Gasteiger partial charge on any atom is -0.497 e. The van der Waals surface area contributed by atoms with Gasteiger partial charge in [-0.2, -0.15) is 0 Å². The second-order valence-corrected chi connectivity index (χ2v) is 7.97. The van der Waals surface area contributed by atoms with Crippen LogP contribution in [0.1, 0.15) is 18.9 Å². The SMILES string of the molecule is CCCN1C(=O)/C(=C/c2cc(Br)ccc2OC)SC1=Nc1ccc(OC)cc1. The number of halogens is 1. The number of hydrogen-bond acceptors (Lipinski definition) is 5. The van der Waals surface area contributed by atoms with Crippen molar-refractivity contribution in [3.05, 3.63) is 57.4 Å². The topological polar surface area (TPSA) is 51.1 Å². The van der Waals surface area contributed by atoms with Crippen LogP contribution < -0.4 is 9.47 Å². The molecule has 0 atom stereocenters. The number of aliphatic imine (C=N–C) groups is 1. The first-order chi connectivity index (χ1) is 13.5. The zero-order valence-electron chi connectivity index (χ0n) is 15.9. The highest BCUT2D eigenvalue weighted by atomic mass is 79.9. The summed E-state index contributed by atoms with van der Waals surface area (Å²) >= 11 is 4.85. The van der Waals surface area contributed by atoms with Gasteiger partial charge in [-0.25, -0.2) is 4.99 Å². The van der Waals surface area contributed by atoms with Gasteiger partial charge >= 0.3 is 0 Å². The van der Waals surface area contributed by atoms with Crippen LogP contribution in [0.2, 0.25) is 0 Å². The van der Waals surface area contributed by atoms with Crippen LogP contribution in [0.3, 0.4) is 0 Å². The number of hydrogen-bond donors (Lipinski definition) is 0. The molecule has 28 heavy (non-hydrogen) atoms. The minimum atomic E-state index is -0.0406. The van der Waals surface area contributed by atoms with E-state index in [-0.39, 0.29) is 5.91 Å². The van der Waals surface area contributed by atoms with Gasteiger partial charge in [0, 0.05) is 16.6 Å². The fourth-order valence-electron chi connectivity index (χ4n) is 2.74. The van der Waals surface area contributed by atoms with Crippen LogP contribution in [-0.4, -0.2) is 36.7 Å². The molecule has 1 fully saturated rings. The van der Waals surface area contributed by atoms with Crippen molar-refractivity contribution in [3.8, 4) is 11.5 Å². The summed E-state index contributed by atoms with van der Waals surface area (Å²) < 4.78 is 11.5. The van der Waals surface area contributed by atoms with Gasteiger partial charge in [0.2, 0.25) is 0 Å². The summed E-state index contributed by atoms with van der Waals surface area (Å²) in [6.45, 7) is 2.66. The van der Waals surface area contributed by atoms with Crippen LogP contribution in [0.15, 0.2) is 56.8 Å². The number of amidine groups is 1. The van der Waals surface area contributed by atoms with E-state index in [1.165, 1.54) is 11.8 Å². The second kappa shape index (κ2) is 9.30. The predicted molar refractivity (Wildman–Crippen MR) is 118 cm³/mol. The lowest BCUT2D eigenvalue weighted by Gasteiger charge is -2.14. The molecule has 0 radical (unpaired) electrons. The van der Waals surface area contributed by atoms with Gasteiger partial charge in [0.1, 0.15) is 11.5 Å². The normalized spacial score (nSPS) is 16.9. The number of nitrogens with zero attached hydrogens (tertiary/aromatic N) is 2. The molecule has 146 valence electrons. The molecular weight excluding hydrogens is 440 g/mol. The quantitative estimate of drug-likeness (QED) is 0.535. The van der Waals surface area contributed by atoms with Gasteiger partial charge in [-0.05, 0) is 66.7 Å². The van der Waals surface area contributed by atoms with Crippen LogP contribution in [-0.2, 0) is 4.79 Å². The van der Waals surface area contributed by atoms with Gasteiger partial charge in [-0.15, -0.1) is 0 Å². The molecule has 0 unspecified atom stereocenters. The van der Waals surface area contributed by atoms with Gasteiger partial charge in [-0.1, -0.05) is 22.9 Å². The highest BCUT2D eigenvalue weighted by Crippen LogP contribution is 2.36. The van der Waals surface area contributed by atoms with Crippen LogP contribution in [0.4, 0.5) is 5.69 Å². The van der Waals surface area contributed by atoms with Crippen molar-refractivity contribution in [1.82, 2.24) is 4.90 Å². The van der Waals surface area contributed by atoms with Gasteiger partial charge in [0.05, 0.1) is 24.8 Å². The first-order valence-corrected chi connectivity index (χ1v) is 10.4. The predicted octanol–water partition coefficient (Wildman–Crippen LogP) is 5.48. The number of thioether (sulfide) groups is 1. The standard InChI is InChI=1S/C21H21BrN2O3S/c1-4-11-24-20(25)19(13-14-12-15(22)5-10-18(14)27-3)28-21(24)23-16-6-8-17(26-2)9-7-16/h5-10,12-13H,4,11H2,1-3H3/b19-13-,23-21?. The van der Waals surface area contributed by atoms with Gasteiger partial charge in [0.25, 0.3) is 5.91 Å². The lowest BCUT2D eigenvalue weighted by atomic mass is 10.2. The van der Waals surface area contributed by atoms with E-state index in [1.807, 2.05) is 55.5 Å². The Morgan fingerprint density at radius 1 is 1.14 bits per heavy atom. The Bertz CT molecular complexity index is 926. The van der Waals surface area contributed by atoms with Crippen molar-refractivity contribution in [1.29, 1.82) is 0 Å². The Kier molecular flexibility index (Phi) is 6.80. The molecule has 1 saturated heterocycles. The first-order valence-electron chi connectivity index (χ1n) is 8.83. The Morgan fingerprint density at radius 2 is 1.89 bits per heavy atom. The van der Waals surface area contributed by atoms with Crippen molar-refractivity contribution < 1.29 is 14.3 Å². The summed E-state index contributed by atoms with van der Waals surface area (Å²) in [6, 6.07) is 13.2. The van der Waals surface area contributed by atoms with E-state index in [9.17, 15) is 4.79 Å². The van der Waals surface area contributed by atoms with Crippen molar-refractivity contribution in [2.24, 2.45) is 4.99 Å². The second-order valence-electron chi connectivity index (χ2n) is 6.05. The molecule has 3 rings (SSSR count). The highest BCUT2D eigenvalue weighted by molar-refractivity contribution is 9.10. The fourth-order valence-corrected chi connectivity index (χ4v) is 4.13. The van der Waals surface area contributed by atoms with Crippen molar-refractivity contribution >= 4 is 50.5 Å². The van der Waals surface area contributed by atoms with E-state index in [2.05, 4.69) is 20.9 Å². The molecule has 0 spiro atoms. The molecule has 1 heterocycles. The smallest absolute Gasteiger partial charge is 0.266 e. The van der Waals surface area contributed by atoms with Crippen LogP contribution >= 0.6 is 27.7 Å². The van der Waals surface area contributed by atoms with Gasteiger partial charge in [-0.3, -0.25) is 9.69 Å². The summed E-state index contributed by atoms with van der Waals surface area (Å²) in [4.78, 5) is 20.0. The zero-order valence-corrected chi connectivity index (χ0v) is 18.3. The number of rotatable bonds is 6. The molecule has 0 saturated carbocycles. The summed E-state index contributed by atoms with van der Waals surface area (Å²) in [5, 5.41) is 0.678. The monoisotopic (exact) mass is 460 g/mol. The van der Waals surface area contributed by atoms with Gasteiger partial charge in [0.15, 0.2) is 5.17 Å². The molecule has 2 aromatic carbocycles. The maximum Gasteiger partial charge on any atom is 0.266 e. The molecule has 1 amide bonds. The first kappa shape index (κ1) is 20.5. The maximum atomic E-state index is 13.0. The van der Waals surface area contributed by atoms with Crippen molar-refractivity contribution in [3.63, 3.8) is 0 Å². The van der Waals surface area contributed by atoms with Crippen molar-refractivity contribution in [2.75, 3.05) is 20.8 Å². The summed E-state index contributed by atoms with van der Waals surface area (Å²) in [6.07, 6.45) is 2.71. The lowest BCUT2D eigenvalue weighted by molar-refractivity contribution is -0.122. The number of carbonyl (C=O) groups excluding carboxylic acids is 1. The number of methoxy groups -OCH3 is 2. The molecule has 5 nitrogen and oxygen atoms in total.